The first-order chi connectivity index (χ1) is 13.2. The lowest BCUT2D eigenvalue weighted by molar-refractivity contribution is -0.228. The van der Waals surface area contributed by atoms with Gasteiger partial charge in [-0.15, -0.1) is 0 Å². The van der Waals surface area contributed by atoms with Gasteiger partial charge in [-0.3, -0.25) is 14.2 Å². The lowest BCUT2D eigenvalue weighted by atomic mass is 10.1. The third-order valence-corrected chi connectivity index (χ3v) is 3.65. The van der Waals surface area contributed by atoms with Crippen LogP contribution in [-0.2, 0) is 23.8 Å². The Morgan fingerprint density at radius 1 is 1.39 bits per heavy atom. The minimum absolute atomic E-state index is 0.0210. The Hall–Kier alpha value is -2.82. The zero-order valence-electron chi connectivity index (χ0n) is 15.6. The highest BCUT2D eigenvalue weighted by molar-refractivity contribution is 5.69. The van der Waals surface area contributed by atoms with E-state index in [1.165, 1.54) is 19.9 Å². The quantitative estimate of drug-likeness (QED) is 0.435. The van der Waals surface area contributed by atoms with Gasteiger partial charge in [0.05, 0.1) is 0 Å². The molecule has 0 aliphatic heterocycles. The minimum atomic E-state index is -2.49. The van der Waals surface area contributed by atoms with Gasteiger partial charge in [-0.25, -0.2) is 9.18 Å². The Balaban J connectivity index is 3.26. The molecule has 1 aromatic heterocycles. The highest BCUT2D eigenvalue weighted by atomic mass is 19.1. The SMILES string of the molecule is C=C[C@](COC(=O)CC)(O[C@H](CF)n1ccc(N)nc1=O)[C@H](F)OC(=O)CC. The lowest BCUT2D eigenvalue weighted by Gasteiger charge is -2.35. The number of alkyl halides is 2. The molecule has 2 N–H and O–H groups in total. The molecule has 0 unspecified atom stereocenters. The second kappa shape index (κ2) is 10.5. The van der Waals surface area contributed by atoms with Gasteiger partial charge in [0.15, 0.2) is 11.8 Å². The fraction of sp³-hybridized carbons (Fsp3) is 0.529. The van der Waals surface area contributed by atoms with Crippen molar-refractivity contribution in [2.45, 2.75) is 44.9 Å². The van der Waals surface area contributed by atoms with Crippen LogP contribution in [0.3, 0.4) is 0 Å². The van der Waals surface area contributed by atoms with Crippen LogP contribution in [0, 0.1) is 0 Å². The van der Waals surface area contributed by atoms with Gasteiger partial charge in [-0.05, 0) is 12.1 Å². The van der Waals surface area contributed by atoms with E-state index < -0.39 is 49.1 Å². The van der Waals surface area contributed by atoms with Crippen molar-refractivity contribution < 1.29 is 32.6 Å². The zero-order valence-corrected chi connectivity index (χ0v) is 15.6. The Labute approximate surface area is 160 Å². The number of carbonyl (C=O) groups is 2. The third kappa shape index (κ3) is 5.84. The molecule has 156 valence electrons. The van der Waals surface area contributed by atoms with Gasteiger partial charge in [0.2, 0.25) is 0 Å². The number of nitrogen functional groups attached to an aromatic ring is 1. The molecule has 0 amide bonds. The molecule has 0 saturated heterocycles. The van der Waals surface area contributed by atoms with Crippen LogP contribution in [0.25, 0.3) is 0 Å². The topological polar surface area (TPSA) is 123 Å². The van der Waals surface area contributed by atoms with E-state index in [0.717, 1.165) is 16.8 Å². The van der Waals surface area contributed by atoms with E-state index >= 15 is 0 Å². The average Bonchev–Trinajstić information content (AvgIpc) is 2.68. The van der Waals surface area contributed by atoms with Crippen molar-refractivity contribution in [3.05, 3.63) is 35.4 Å². The molecular formula is C17H23F2N3O6. The Morgan fingerprint density at radius 2 is 2.04 bits per heavy atom. The second-order valence-corrected chi connectivity index (χ2v) is 5.60. The number of carbonyl (C=O) groups excluding carboxylic acids is 2. The summed E-state index contributed by atoms with van der Waals surface area (Å²) in [5.41, 5.74) is 2.16. The van der Waals surface area contributed by atoms with E-state index in [1.54, 1.807) is 0 Å². The van der Waals surface area contributed by atoms with Crippen molar-refractivity contribution in [3.8, 4) is 0 Å². The zero-order chi connectivity index (χ0) is 21.3. The van der Waals surface area contributed by atoms with E-state index in [-0.39, 0.29) is 18.7 Å². The van der Waals surface area contributed by atoms with E-state index in [1.807, 2.05) is 0 Å². The molecule has 11 heteroatoms. The number of rotatable bonds is 11. The average molecular weight is 403 g/mol. The normalized spacial score (nSPS) is 15.1. The maximum absolute atomic E-state index is 14.8. The Kier molecular flexibility index (Phi) is 8.71. The summed E-state index contributed by atoms with van der Waals surface area (Å²) in [7, 11) is 0. The van der Waals surface area contributed by atoms with Gasteiger partial charge < -0.3 is 19.9 Å². The molecule has 0 aromatic carbocycles. The monoisotopic (exact) mass is 403 g/mol. The summed E-state index contributed by atoms with van der Waals surface area (Å²) in [6.07, 6.45) is -2.36. The van der Waals surface area contributed by atoms with Crippen molar-refractivity contribution in [3.63, 3.8) is 0 Å². The fourth-order valence-electron chi connectivity index (χ4n) is 2.01. The van der Waals surface area contributed by atoms with Crippen molar-refractivity contribution in [1.82, 2.24) is 9.55 Å². The van der Waals surface area contributed by atoms with Gasteiger partial charge in [0, 0.05) is 19.0 Å². The minimum Gasteiger partial charge on any atom is -0.462 e. The molecule has 9 nitrogen and oxygen atoms in total. The van der Waals surface area contributed by atoms with Crippen LogP contribution in [0.5, 0.6) is 0 Å². The van der Waals surface area contributed by atoms with Crippen molar-refractivity contribution in [1.29, 1.82) is 0 Å². The van der Waals surface area contributed by atoms with Crippen LogP contribution in [0.4, 0.5) is 14.6 Å². The molecular weight excluding hydrogens is 380 g/mol. The van der Waals surface area contributed by atoms with Crippen molar-refractivity contribution in [2.24, 2.45) is 0 Å². The predicted molar refractivity (Wildman–Crippen MR) is 94.5 cm³/mol. The molecule has 0 radical (unpaired) electrons. The van der Waals surface area contributed by atoms with Gasteiger partial charge in [0.1, 0.15) is 19.1 Å². The highest BCUT2D eigenvalue weighted by Crippen LogP contribution is 2.28. The lowest BCUT2D eigenvalue weighted by Crippen LogP contribution is -2.50. The molecule has 3 atom stereocenters. The van der Waals surface area contributed by atoms with E-state index in [9.17, 15) is 23.2 Å². The van der Waals surface area contributed by atoms with Gasteiger partial charge in [0.25, 0.3) is 6.36 Å². The summed E-state index contributed by atoms with van der Waals surface area (Å²) >= 11 is 0. The summed E-state index contributed by atoms with van der Waals surface area (Å²) in [5.74, 6) is -1.72. The van der Waals surface area contributed by atoms with Crippen LogP contribution in [0.1, 0.15) is 32.9 Å². The summed E-state index contributed by atoms with van der Waals surface area (Å²) in [6, 6.07) is 1.21. The fourth-order valence-corrected chi connectivity index (χ4v) is 2.01. The molecule has 1 aromatic rings. The number of esters is 2. The summed E-state index contributed by atoms with van der Waals surface area (Å²) in [4.78, 5) is 38.4. The number of nitrogens with zero attached hydrogens (tertiary/aromatic N) is 2. The molecule has 1 rings (SSSR count). The molecule has 0 aliphatic rings. The first kappa shape index (κ1) is 23.2. The number of ether oxygens (including phenoxy) is 3. The van der Waals surface area contributed by atoms with Crippen LogP contribution >= 0.6 is 0 Å². The van der Waals surface area contributed by atoms with Crippen molar-refractivity contribution >= 4 is 17.8 Å². The number of nitrogens with two attached hydrogens (primary N) is 1. The van der Waals surface area contributed by atoms with Gasteiger partial charge in [-0.1, -0.05) is 20.4 Å². The summed E-state index contributed by atoms with van der Waals surface area (Å²) in [6.45, 7) is 4.31. The number of halogens is 2. The third-order valence-electron chi connectivity index (χ3n) is 3.65. The van der Waals surface area contributed by atoms with Crippen LogP contribution < -0.4 is 11.4 Å². The van der Waals surface area contributed by atoms with Gasteiger partial charge in [-0.2, -0.15) is 9.37 Å². The Morgan fingerprint density at radius 3 is 2.54 bits per heavy atom. The standard InChI is InChI=1S/C17H23F2N3O6/c1-4-13(23)26-10-17(6-3,15(19)27-14(24)5-2)28-12(9-18)22-8-7-11(20)21-16(22)25/h6-8,12,15H,3-5,9-10H2,1-2H3,(H2,20,21,25)/t12-,15-,17-/m1/s1. The van der Waals surface area contributed by atoms with Crippen LogP contribution in [0.2, 0.25) is 0 Å². The highest BCUT2D eigenvalue weighted by Gasteiger charge is 2.45. The Bertz CT molecular complexity index is 757. The largest absolute Gasteiger partial charge is 0.462 e. The molecule has 0 bridgehead atoms. The number of anilines is 1. The molecule has 0 saturated carbocycles. The van der Waals surface area contributed by atoms with E-state index in [4.69, 9.17) is 15.2 Å². The maximum atomic E-state index is 14.8. The van der Waals surface area contributed by atoms with Crippen LogP contribution in [-0.4, -0.2) is 46.7 Å². The maximum Gasteiger partial charge on any atom is 0.351 e. The number of hydrogen-bond donors (Lipinski definition) is 1. The van der Waals surface area contributed by atoms with Gasteiger partial charge >= 0.3 is 17.6 Å². The molecule has 1 heterocycles. The van der Waals surface area contributed by atoms with Crippen molar-refractivity contribution in [2.75, 3.05) is 19.0 Å². The number of aromatic nitrogens is 2. The summed E-state index contributed by atoms with van der Waals surface area (Å²) in [5, 5.41) is 0. The number of hydrogen-bond acceptors (Lipinski definition) is 8. The predicted octanol–water partition coefficient (Wildman–Crippen LogP) is 1.44. The summed E-state index contributed by atoms with van der Waals surface area (Å²) < 4.78 is 44.1. The first-order valence-corrected chi connectivity index (χ1v) is 8.44. The molecule has 28 heavy (non-hydrogen) atoms. The van der Waals surface area contributed by atoms with Crippen LogP contribution in [0.15, 0.2) is 29.7 Å². The van der Waals surface area contributed by atoms with E-state index in [0.29, 0.717) is 0 Å². The molecule has 0 spiro atoms. The van der Waals surface area contributed by atoms with E-state index in [2.05, 4.69) is 16.3 Å². The first-order valence-electron chi connectivity index (χ1n) is 8.44. The molecule has 0 aliphatic carbocycles. The second-order valence-electron chi connectivity index (χ2n) is 5.60. The smallest absolute Gasteiger partial charge is 0.351 e. The molecule has 0 fully saturated rings.